The zero-order valence-electron chi connectivity index (χ0n) is 11.5. The average molecular weight is 365 g/mol. The van der Waals surface area contributed by atoms with Gasteiger partial charge in [0.2, 0.25) is 0 Å². The molecule has 9 heteroatoms. The van der Waals surface area contributed by atoms with Gasteiger partial charge in [0.1, 0.15) is 6.73 Å². The second-order valence-corrected chi connectivity index (χ2v) is 11.9. The summed E-state index contributed by atoms with van der Waals surface area (Å²) < 4.78 is 6.38. The van der Waals surface area contributed by atoms with Crippen LogP contribution in [0, 0.1) is 0 Å². The van der Waals surface area contributed by atoms with Gasteiger partial charge in [0.25, 0.3) is 0 Å². The summed E-state index contributed by atoms with van der Waals surface area (Å²) in [5.74, 6) is -2.55. The lowest BCUT2D eigenvalue weighted by atomic mass is 10.3. The van der Waals surface area contributed by atoms with Crippen LogP contribution >= 0.6 is 15.9 Å². The normalized spacial score (nSPS) is 11.6. The van der Waals surface area contributed by atoms with Gasteiger partial charge in [-0.05, 0) is 22.0 Å². The summed E-state index contributed by atoms with van der Waals surface area (Å²) in [6.07, 6.45) is 0. The second kappa shape index (κ2) is 6.51. The molecule has 7 nitrogen and oxygen atoms in total. The summed E-state index contributed by atoms with van der Waals surface area (Å²) in [4.78, 5) is 22.1. The summed E-state index contributed by atoms with van der Waals surface area (Å²) >= 11 is 2.95. The number of nitrogens with zero attached hydrogens (tertiary/aromatic N) is 2. The third-order valence-corrected chi connectivity index (χ3v) is 4.97. The van der Waals surface area contributed by atoms with E-state index in [1.165, 1.54) is 0 Å². The van der Waals surface area contributed by atoms with Crippen molar-refractivity contribution in [1.29, 1.82) is 0 Å². The number of halogens is 1. The summed E-state index contributed by atoms with van der Waals surface area (Å²) in [6.45, 7) is 7.01. The Bertz CT molecular complexity index is 524. The number of aromatic nitrogens is 2. The molecule has 20 heavy (non-hydrogen) atoms. The maximum Gasteiger partial charge on any atom is 0.357 e. The maximum atomic E-state index is 11.1. The third kappa shape index (κ3) is 4.42. The predicted molar refractivity (Wildman–Crippen MR) is 78.0 cm³/mol. The molecule has 112 valence electrons. The predicted octanol–water partition coefficient (Wildman–Crippen LogP) is 2.35. The molecule has 0 aliphatic carbocycles. The Labute approximate surface area is 125 Å². The van der Waals surface area contributed by atoms with Crippen molar-refractivity contribution in [3.8, 4) is 0 Å². The molecule has 0 atom stereocenters. The zero-order chi connectivity index (χ0) is 15.5. The SMILES string of the molecule is C[Si](C)(C)CCOCn1nc(C(=O)O)c(Br)c1C(=O)O. The minimum Gasteiger partial charge on any atom is -0.476 e. The first-order valence-corrected chi connectivity index (χ1v) is 10.4. The molecule has 0 aromatic carbocycles. The van der Waals surface area contributed by atoms with Crippen molar-refractivity contribution in [2.75, 3.05) is 6.61 Å². The highest BCUT2D eigenvalue weighted by atomic mass is 79.9. The van der Waals surface area contributed by atoms with E-state index in [-0.39, 0.29) is 22.6 Å². The molecule has 0 bridgehead atoms. The van der Waals surface area contributed by atoms with Crippen LogP contribution in [0.4, 0.5) is 0 Å². The quantitative estimate of drug-likeness (QED) is 0.568. The van der Waals surface area contributed by atoms with E-state index in [9.17, 15) is 9.59 Å². The molecule has 1 rings (SSSR count). The van der Waals surface area contributed by atoms with Gasteiger partial charge in [-0.25, -0.2) is 14.3 Å². The topological polar surface area (TPSA) is 102 Å². The lowest BCUT2D eigenvalue weighted by Gasteiger charge is -2.15. The fourth-order valence-electron chi connectivity index (χ4n) is 1.40. The molecule has 0 spiro atoms. The van der Waals surface area contributed by atoms with Crippen LogP contribution in [0.15, 0.2) is 4.47 Å². The molecule has 1 heterocycles. The number of hydrogen-bond donors (Lipinski definition) is 2. The molecule has 0 aliphatic rings. The van der Waals surface area contributed by atoms with Crippen LogP contribution in [0.2, 0.25) is 25.7 Å². The minimum atomic E-state index is -1.29. The highest BCUT2D eigenvalue weighted by Crippen LogP contribution is 2.22. The molecule has 1 aromatic rings. The number of ether oxygens (including phenoxy) is 1. The van der Waals surface area contributed by atoms with E-state index >= 15 is 0 Å². The summed E-state index contributed by atoms with van der Waals surface area (Å²) in [5, 5.41) is 21.8. The molecule has 1 aromatic heterocycles. The lowest BCUT2D eigenvalue weighted by molar-refractivity contribution is 0.0579. The Kier molecular flexibility index (Phi) is 5.48. The third-order valence-electron chi connectivity index (χ3n) is 2.51. The van der Waals surface area contributed by atoms with E-state index in [0.29, 0.717) is 6.61 Å². The van der Waals surface area contributed by atoms with Gasteiger partial charge in [-0.15, -0.1) is 0 Å². The molecule has 0 saturated heterocycles. The number of aromatic carboxylic acids is 2. The molecule has 0 aliphatic heterocycles. The fraction of sp³-hybridized carbons (Fsp3) is 0.545. The van der Waals surface area contributed by atoms with Crippen LogP contribution in [-0.4, -0.2) is 46.6 Å². The number of hydrogen-bond acceptors (Lipinski definition) is 4. The minimum absolute atomic E-state index is 0.0497. The van der Waals surface area contributed by atoms with Crippen LogP contribution in [0.1, 0.15) is 21.0 Å². The molecule has 2 N–H and O–H groups in total. The van der Waals surface area contributed by atoms with Gasteiger partial charge in [-0.3, -0.25) is 0 Å². The van der Waals surface area contributed by atoms with Crippen LogP contribution in [-0.2, 0) is 11.5 Å². The van der Waals surface area contributed by atoms with Crippen molar-refractivity contribution in [2.24, 2.45) is 0 Å². The fourth-order valence-corrected chi connectivity index (χ4v) is 2.78. The first-order chi connectivity index (χ1) is 9.13. The summed E-state index contributed by atoms with van der Waals surface area (Å²) in [5.41, 5.74) is -0.563. The Morgan fingerprint density at radius 1 is 1.30 bits per heavy atom. The highest BCUT2D eigenvalue weighted by Gasteiger charge is 2.25. The summed E-state index contributed by atoms with van der Waals surface area (Å²) in [7, 11) is -1.23. The number of carboxylic acids is 2. The highest BCUT2D eigenvalue weighted by molar-refractivity contribution is 9.10. The van der Waals surface area contributed by atoms with Crippen molar-refractivity contribution in [3.05, 3.63) is 15.9 Å². The molecule has 0 fully saturated rings. The van der Waals surface area contributed by atoms with Crippen molar-refractivity contribution in [1.82, 2.24) is 9.78 Å². The lowest BCUT2D eigenvalue weighted by Crippen LogP contribution is -2.22. The Morgan fingerprint density at radius 2 is 1.90 bits per heavy atom. The van der Waals surface area contributed by atoms with Crippen LogP contribution in [0.3, 0.4) is 0 Å². The summed E-state index contributed by atoms with van der Waals surface area (Å²) in [6, 6.07) is 0.934. The van der Waals surface area contributed by atoms with Gasteiger partial charge < -0.3 is 14.9 Å². The monoisotopic (exact) mass is 364 g/mol. The van der Waals surface area contributed by atoms with Gasteiger partial charge in [0.05, 0.1) is 4.47 Å². The molecule has 0 amide bonds. The molecule has 0 saturated carbocycles. The van der Waals surface area contributed by atoms with Gasteiger partial charge >= 0.3 is 11.9 Å². The van der Waals surface area contributed by atoms with Crippen molar-refractivity contribution in [2.45, 2.75) is 32.4 Å². The maximum absolute atomic E-state index is 11.1. The van der Waals surface area contributed by atoms with E-state index < -0.39 is 20.0 Å². The van der Waals surface area contributed by atoms with Gasteiger partial charge in [-0.1, -0.05) is 19.6 Å². The van der Waals surface area contributed by atoms with Gasteiger partial charge in [0.15, 0.2) is 11.4 Å². The second-order valence-electron chi connectivity index (χ2n) is 5.47. The van der Waals surface area contributed by atoms with Crippen molar-refractivity contribution >= 4 is 35.9 Å². The Hall–Kier alpha value is -1.19. The molecule has 0 unspecified atom stereocenters. The van der Waals surface area contributed by atoms with Crippen LogP contribution in [0.25, 0.3) is 0 Å². The Morgan fingerprint density at radius 3 is 2.35 bits per heavy atom. The van der Waals surface area contributed by atoms with Gasteiger partial charge in [-0.2, -0.15) is 5.10 Å². The number of rotatable bonds is 7. The van der Waals surface area contributed by atoms with E-state index in [2.05, 4.69) is 40.7 Å². The molecular formula is C11H17BrN2O5Si. The zero-order valence-corrected chi connectivity index (χ0v) is 14.1. The van der Waals surface area contributed by atoms with Crippen molar-refractivity contribution in [3.63, 3.8) is 0 Å². The standard InChI is InChI=1S/C11H17BrN2O5Si/c1-20(2,3)5-4-19-6-14-9(11(17)18)7(12)8(13-14)10(15)16/h4-6H2,1-3H3,(H,15,16)(H,17,18). The first kappa shape index (κ1) is 16.9. The molecule has 0 radical (unpaired) electrons. The van der Waals surface area contributed by atoms with E-state index in [4.69, 9.17) is 14.9 Å². The van der Waals surface area contributed by atoms with Crippen LogP contribution in [0.5, 0.6) is 0 Å². The number of carbonyl (C=O) groups is 2. The van der Waals surface area contributed by atoms with E-state index in [1.807, 2.05) is 0 Å². The van der Waals surface area contributed by atoms with E-state index in [0.717, 1.165) is 10.7 Å². The first-order valence-electron chi connectivity index (χ1n) is 5.94. The number of carboxylic acid groups (broad SMARTS) is 2. The smallest absolute Gasteiger partial charge is 0.357 e. The Balaban J connectivity index is 2.82. The van der Waals surface area contributed by atoms with Crippen molar-refractivity contribution < 1.29 is 24.5 Å². The van der Waals surface area contributed by atoms with E-state index in [1.54, 1.807) is 0 Å². The largest absolute Gasteiger partial charge is 0.476 e. The van der Waals surface area contributed by atoms with Crippen LogP contribution < -0.4 is 0 Å². The average Bonchev–Trinajstić information content (AvgIpc) is 2.60. The van der Waals surface area contributed by atoms with Gasteiger partial charge in [0, 0.05) is 14.7 Å². The molecular weight excluding hydrogens is 348 g/mol.